The number of hydrogen-bond donors (Lipinski definition) is 0. The Hall–Kier alpha value is -1.35. The molecule has 1 unspecified atom stereocenters. The van der Waals surface area contributed by atoms with Gasteiger partial charge in [-0.3, -0.25) is 4.18 Å². The predicted molar refractivity (Wildman–Crippen MR) is 63.4 cm³/mol. The first-order chi connectivity index (χ1) is 8.44. The fraction of sp³-hybridized carbons (Fsp3) is 0.800. The standard InChI is InChI=1S/C10H17NO7S/c1-9(2,3)18-8(13)11-10(4,7(12)16-5)6-17-19(11,14)15/h6H2,1-5H3. The summed E-state index contributed by atoms with van der Waals surface area (Å²) in [5.41, 5.74) is -2.68. The van der Waals surface area contributed by atoms with Crippen LogP contribution in [0.5, 0.6) is 0 Å². The molecule has 1 fully saturated rings. The maximum absolute atomic E-state index is 11.9. The van der Waals surface area contributed by atoms with Crippen molar-refractivity contribution >= 4 is 22.4 Å². The van der Waals surface area contributed by atoms with Gasteiger partial charge in [0.25, 0.3) is 0 Å². The van der Waals surface area contributed by atoms with Crippen molar-refractivity contribution in [3.63, 3.8) is 0 Å². The topological polar surface area (TPSA) is 99.2 Å². The zero-order valence-corrected chi connectivity index (χ0v) is 12.2. The van der Waals surface area contributed by atoms with E-state index < -0.39 is 40.1 Å². The summed E-state index contributed by atoms with van der Waals surface area (Å²) in [5, 5.41) is 0. The Morgan fingerprint density at radius 3 is 2.26 bits per heavy atom. The highest BCUT2D eigenvalue weighted by atomic mass is 32.2. The monoisotopic (exact) mass is 295 g/mol. The van der Waals surface area contributed by atoms with E-state index in [4.69, 9.17) is 4.74 Å². The molecule has 1 amide bonds. The van der Waals surface area contributed by atoms with Crippen molar-refractivity contribution in [3.8, 4) is 0 Å². The molecule has 1 heterocycles. The smallest absolute Gasteiger partial charge is 0.427 e. The van der Waals surface area contributed by atoms with Gasteiger partial charge in [0.05, 0.1) is 7.11 Å². The molecule has 1 rings (SSSR count). The minimum absolute atomic E-state index is 0.275. The van der Waals surface area contributed by atoms with Gasteiger partial charge in [0.1, 0.15) is 12.2 Å². The number of rotatable bonds is 1. The minimum Gasteiger partial charge on any atom is -0.467 e. The molecule has 0 aromatic heterocycles. The Labute approximate surface area is 111 Å². The van der Waals surface area contributed by atoms with E-state index in [-0.39, 0.29) is 4.31 Å². The molecule has 0 N–H and O–H groups in total. The van der Waals surface area contributed by atoms with Gasteiger partial charge in [0, 0.05) is 0 Å². The van der Waals surface area contributed by atoms with Crippen LogP contribution in [0.3, 0.4) is 0 Å². The quantitative estimate of drug-likeness (QED) is 0.647. The normalized spacial score (nSPS) is 26.1. The van der Waals surface area contributed by atoms with Crippen LogP contribution in [0.1, 0.15) is 27.7 Å². The van der Waals surface area contributed by atoms with Crippen molar-refractivity contribution in [1.29, 1.82) is 0 Å². The summed E-state index contributed by atoms with van der Waals surface area (Å²) < 4.78 is 37.7. The van der Waals surface area contributed by atoms with Gasteiger partial charge < -0.3 is 9.47 Å². The van der Waals surface area contributed by atoms with E-state index in [0.29, 0.717) is 0 Å². The summed E-state index contributed by atoms with van der Waals surface area (Å²) in [7, 11) is -3.27. The van der Waals surface area contributed by atoms with Gasteiger partial charge in [0.2, 0.25) is 0 Å². The number of carbonyl (C=O) groups excluding carboxylic acids is 2. The lowest BCUT2D eigenvalue weighted by molar-refractivity contribution is -0.150. The number of nitrogens with zero attached hydrogens (tertiary/aromatic N) is 1. The molecular formula is C10H17NO7S. The molecular weight excluding hydrogens is 278 g/mol. The van der Waals surface area contributed by atoms with E-state index in [1.165, 1.54) is 6.92 Å². The summed E-state index contributed by atoms with van der Waals surface area (Å²) in [6.45, 7) is 5.44. The van der Waals surface area contributed by atoms with Crippen LogP contribution < -0.4 is 0 Å². The van der Waals surface area contributed by atoms with E-state index in [0.717, 1.165) is 7.11 Å². The van der Waals surface area contributed by atoms with Crippen LogP contribution in [0, 0.1) is 0 Å². The van der Waals surface area contributed by atoms with Gasteiger partial charge in [-0.25, -0.2) is 9.59 Å². The van der Waals surface area contributed by atoms with Crippen molar-refractivity contribution < 1.29 is 31.7 Å². The molecule has 1 saturated heterocycles. The second-order valence-corrected chi connectivity index (χ2v) is 6.69. The van der Waals surface area contributed by atoms with Gasteiger partial charge in [-0.2, -0.15) is 12.7 Å². The van der Waals surface area contributed by atoms with Crippen molar-refractivity contribution in [3.05, 3.63) is 0 Å². The molecule has 1 aliphatic rings. The molecule has 0 aliphatic carbocycles. The van der Waals surface area contributed by atoms with Crippen LogP contribution in [-0.4, -0.2) is 49.6 Å². The van der Waals surface area contributed by atoms with Gasteiger partial charge in [-0.1, -0.05) is 0 Å². The van der Waals surface area contributed by atoms with Crippen LogP contribution in [0.2, 0.25) is 0 Å². The fourth-order valence-electron chi connectivity index (χ4n) is 1.51. The first-order valence-corrected chi connectivity index (χ1v) is 6.82. The molecule has 0 aromatic rings. The maximum Gasteiger partial charge on any atom is 0.427 e. The highest BCUT2D eigenvalue weighted by Crippen LogP contribution is 2.31. The Morgan fingerprint density at radius 2 is 1.84 bits per heavy atom. The summed E-state index contributed by atoms with van der Waals surface area (Å²) in [5.74, 6) is -0.903. The lowest BCUT2D eigenvalue weighted by atomic mass is 10.1. The van der Waals surface area contributed by atoms with E-state index in [1.54, 1.807) is 20.8 Å². The Morgan fingerprint density at radius 1 is 1.32 bits per heavy atom. The third-order valence-corrected chi connectivity index (χ3v) is 3.76. The lowest BCUT2D eigenvalue weighted by Crippen LogP contribution is -2.55. The number of ether oxygens (including phenoxy) is 2. The summed E-state index contributed by atoms with van der Waals surface area (Å²) in [4.78, 5) is 23.6. The number of amides is 1. The van der Waals surface area contributed by atoms with Crippen molar-refractivity contribution in [2.24, 2.45) is 0 Å². The summed E-state index contributed by atoms with van der Waals surface area (Å²) >= 11 is 0. The van der Waals surface area contributed by atoms with E-state index >= 15 is 0 Å². The van der Waals surface area contributed by atoms with Crippen LogP contribution >= 0.6 is 0 Å². The average molecular weight is 295 g/mol. The average Bonchev–Trinajstić information content (AvgIpc) is 2.47. The Balaban J connectivity index is 3.17. The van der Waals surface area contributed by atoms with Crippen molar-refractivity contribution in [2.75, 3.05) is 13.7 Å². The summed E-state index contributed by atoms with van der Waals surface area (Å²) in [6.07, 6.45) is -1.18. The first-order valence-electron chi connectivity index (χ1n) is 5.45. The zero-order valence-electron chi connectivity index (χ0n) is 11.4. The molecule has 0 aromatic carbocycles. The zero-order chi connectivity index (χ0) is 15.1. The Kier molecular flexibility index (Phi) is 3.83. The van der Waals surface area contributed by atoms with Crippen LogP contribution in [0.4, 0.5) is 4.79 Å². The number of methoxy groups -OCH3 is 1. The van der Waals surface area contributed by atoms with Crippen molar-refractivity contribution in [2.45, 2.75) is 38.8 Å². The second-order valence-electron chi connectivity index (χ2n) is 5.23. The van der Waals surface area contributed by atoms with Crippen LogP contribution in [0.25, 0.3) is 0 Å². The van der Waals surface area contributed by atoms with Crippen LogP contribution in [-0.2, 0) is 28.8 Å². The molecule has 0 bridgehead atoms. The maximum atomic E-state index is 11.9. The van der Waals surface area contributed by atoms with Gasteiger partial charge >= 0.3 is 22.4 Å². The third-order valence-electron chi connectivity index (χ3n) is 2.35. The molecule has 0 spiro atoms. The van der Waals surface area contributed by atoms with Crippen LogP contribution in [0.15, 0.2) is 0 Å². The molecule has 0 radical (unpaired) electrons. The molecule has 110 valence electrons. The van der Waals surface area contributed by atoms with E-state index in [9.17, 15) is 18.0 Å². The number of hydrogen-bond acceptors (Lipinski definition) is 7. The Bertz CT molecular complexity index is 492. The third kappa shape index (κ3) is 2.98. The second kappa shape index (κ2) is 4.64. The highest BCUT2D eigenvalue weighted by Gasteiger charge is 2.58. The SMILES string of the molecule is COC(=O)C1(C)COS(=O)(=O)N1C(=O)OC(C)(C)C. The molecule has 1 aliphatic heterocycles. The largest absolute Gasteiger partial charge is 0.467 e. The first kappa shape index (κ1) is 15.7. The highest BCUT2D eigenvalue weighted by molar-refractivity contribution is 7.85. The molecule has 19 heavy (non-hydrogen) atoms. The molecule has 1 atom stereocenters. The van der Waals surface area contributed by atoms with Gasteiger partial charge in [0.15, 0.2) is 5.54 Å². The number of esters is 1. The van der Waals surface area contributed by atoms with Gasteiger partial charge in [-0.05, 0) is 27.7 Å². The number of carbonyl (C=O) groups is 2. The van der Waals surface area contributed by atoms with Gasteiger partial charge in [-0.15, -0.1) is 0 Å². The molecule has 8 nitrogen and oxygen atoms in total. The predicted octanol–water partition coefficient (Wildman–Crippen LogP) is 0.430. The fourth-order valence-corrected chi connectivity index (χ4v) is 2.83. The minimum atomic E-state index is -4.36. The molecule has 0 saturated carbocycles. The lowest BCUT2D eigenvalue weighted by Gasteiger charge is -2.30. The molecule has 9 heteroatoms. The summed E-state index contributed by atoms with van der Waals surface area (Å²) in [6, 6.07) is 0. The van der Waals surface area contributed by atoms with Crippen molar-refractivity contribution in [1.82, 2.24) is 4.31 Å². The van der Waals surface area contributed by atoms with E-state index in [1.807, 2.05) is 0 Å². The van der Waals surface area contributed by atoms with E-state index in [2.05, 4.69) is 8.92 Å².